The molecule has 1 amide bonds. The van der Waals surface area contributed by atoms with E-state index in [1.807, 2.05) is 24.3 Å². The number of sulfonamides is 1. The van der Waals surface area contributed by atoms with Crippen molar-refractivity contribution in [2.75, 3.05) is 18.4 Å². The summed E-state index contributed by atoms with van der Waals surface area (Å²) < 4.78 is 40.8. The number of amides is 1. The molecule has 1 fully saturated rings. The molecule has 3 aromatic rings. The summed E-state index contributed by atoms with van der Waals surface area (Å²) in [5, 5.41) is 4.51. The fraction of sp³-hybridized carbons (Fsp3) is 0.227. The number of rotatable bonds is 4. The molecule has 4 rings (SSSR count). The van der Waals surface area contributed by atoms with Gasteiger partial charge in [-0.2, -0.15) is 4.31 Å². The summed E-state index contributed by atoms with van der Waals surface area (Å²) in [4.78, 5) is 12.8. The van der Waals surface area contributed by atoms with Crippen LogP contribution in [-0.4, -0.2) is 31.7 Å². The smallest absolute Gasteiger partial charge is 0.243 e. The quantitative estimate of drug-likeness (QED) is 0.633. The van der Waals surface area contributed by atoms with Gasteiger partial charge in [-0.25, -0.2) is 12.8 Å². The van der Waals surface area contributed by atoms with E-state index in [9.17, 15) is 17.6 Å². The van der Waals surface area contributed by atoms with Gasteiger partial charge in [0, 0.05) is 24.7 Å². The third-order valence-electron chi connectivity index (χ3n) is 5.37. The van der Waals surface area contributed by atoms with Gasteiger partial charge >= 0.3 is 0 Å². The highest BCUT2D eigenvalue weighted by Crippen LogP contribution is 2.27. The summed E-state index contributed by atoms with van der Waals surface area (Å²) >= 11 is 5.75. The van der Waals surface area contributed by atoms with Crippen molar-refractivity contribution in [1.82, 2.24) is 4.31 Å². The molecule has 0 aromatic heterocycles. The van der Waals surface area contributed by atoms with Crippen LogP contribution in [0, 0.1) is 11.7 Å². The van der Waals surface area contributed by atoms with Gasteiger partial charge in [0.1, 0.15) is 5.82 Å². The first kappa shape index (κ1) is 20.8. The van der Waals surface area contributed by atoms with Crippen molar-refractivity contribution < 1.29 is 17.6 Å². The molecule has 0 aliphatic carbocycles. The molecule has 1 aliphatic heterocycles. The Labute approximate surface area is 179 Å². The number of piperidine rings is 1. The zero-order valence-electron chi connectivity index (χ0n) is 16.0. The molecule has 5 nitrogen and oxygen atoms in total. The molecule has 0 spiro atoms. The van der Waals surface area contributed by atoms with Crippen LogP contribution in [0.15, 0.2) is 65.6 Å². The lowest BCUT2D eigenvalue weighted by Gasteiger charge is -2.30. The largest absolute Gasteiger partial charge is 0.326 e. The number of nitrogens with zero attached hydrogens (tertiary/aromatic N) is 1. The average Bonchev–Trinajstić information content (AvgIpc) is 2.76. The van der Waals surface area contributed by atoms with Gasteiger partial charge in [-0.1, -0.05) is 41.9 Å². The lowest BCUT2D eigenvalue weighted by Crippen LogP contribution is -2.41. The summed E-state index contributed by atoms with van der Waals surface area (Å²) in [6.07, 6.45) is 0.821. The van der Waals surface area contributed by atoms with Gasteiger partial charge < -0.3 is 5.32 Å². The van der Waals surface area contributed by atoms with Crippen LogP contribution in [-0.2, 0) is 14.8 Å². The Hall–Kier alpha value is -2.48. The van der Waals surface area contributed by atoms with E-state index in [0.29, 0.717) is 18.5 Å². The normalized spacial score (nSPS) is 15.9. The van der Waals surface area contributed by atoms with Crippen molar-refractivity contribution in [2.45, 2.75) is 17.7 Å². The second-order valence-electron chi connectivity index (χ2n) is 7.31. The number of hydrogen-bond acceptors (Lipinski definition) is 3. The zero-order valence-corrected chi connectivity index (χ0v) is 17.6. The van der Waals surface area contributed by atoms with Gasteiger partial charge in [-0.15, -0.1) is 0 Å². The third kappa shape index (κ3) is 4.19. The predicted molar refractivity (Wildman–Crippen MR) is 115 cm³/mol. The summed E-state index contributed by atoms with van der Waals surface area (Å²) in [6, 6.07) is 16.7. The molecule has 8 heteroatoms. The minimum atomic E-state index is -3.63. The maximum absolute atomic E-state index is 13.3. The highest BCUT2D eigenvalue weighted by molar-refractivity contribution is 7.89. The molecular weight excluding hydrogens is 427 g/mol. The fourth-order valence-corrected chi connectivity index (χ4v) is 5.34. The van der Waals surface area contributed by atoms with E-state index < -0.39 is 15.8 Å². The first-order valence-electron chi connectivity index (χ1n) is 9.59. The van der Waals surface area contributed by atoms with E-state index in [4.69, 9.17) is 11.6 Å². The molecule has 0 saturated carbocycles. The van der Waals surface area contributed by atoms with Crippen molar-refractivity contribution in [3.05, 3.63) is 71.5 Å². The molecule has 0 bridgehead atoms. The molecule has 3 aromatic carbocycles. The van der Waals surface area contributed by atoms with E-state index >= 15 is 0 Å². The summed E-state index contributed by atoms with van der Waals surface area (Å²) in [5.74, 6) is -1.10. The second-order valence-corrected chi connectivity index (χ2v) is 9.65. The lowest BCUT2D eigenvalue weighted by molar-refractivity contribution is -0.120. The van der Waals surface area contributed by atoms with Gasteiger partial charge in [-0.05, 0) is 53.9 Å². The molecule has 1 N–H and O–H groups in total. The first-order valence-corrected chi connectivity index (χ1v) is 11.4. The minimum Gasteiger partial charge on any atom is -0.326 e. The summed E-state index contributed by atoms with van der Waals surface area (Å²) in [7, 11) is -3.63. The van der Waals surface area contributed by atoms with Gasteiger partial charge in [0.25, 0.3) is 0 Å². The first-order chi connectivity index (χ1) is 14.3. The minimum absolute atomic E-state index is 0.0657. The highest BCUT2D eigenvalue weighted by Gasteiger charge is 2.32. The van der Waals surface area contributed by atoms with E-state index in [0.717, 1.165) is 10.8 Å². The van der Waals surface area contributed by atoms with Crippen LogP contribution < -0.4 is 5.32 Å². The second kappa shape index (κ2) is 8.34. The van der Waals surface area contributed by atoms with E-state index in [-0.39, 0.29) is 34.8 Å². The Morgan fingerprint density at radius 2 is 1.70 bits per heavy atom. The molecule has 156 valence electrons. The number of nitrogens with one attached hydrogen (secondary N) is 1. The fourth-order valence-electron chi connectivity index (χ4n) is 3.65. The molecule has 0 atom stereocenters. The Morgan fingerprint density at radius 3 is 2.40 bits per heavy atom. The van der Waals surface area contributed by atoms with E-state index in [1.165, 1.54) is 22.5 Å². The Morgan fingerprint density at radius 1 is 1.00 bits per heavy atom. The number of anilines is 1. The lowest BCUT2D eigenvalue weighted by atomic mass is 9.97. The number of fused-ring (bicyclic) bond motifs is 1. The van der Waals surface area contributed by atoms with Crippen LogP contribution in [0.25, 0.3) is 10.8 Å². The summed E-state index contributed by atoms with van der Waals surface area (Å²) in [6.45, 7) is 0.523. The SMILES string of the molecule is O=C(Nc1ccc(F)c(Cl)c1)C1CCN(S(=O)(=O)c2ccc3ccccc3c2)CC1. The topological polar surface area (TPSA) is 66.5 Å². The zero-order chi connectivity index (χ0) is 21.3. The molecular formula is C22H20ClFN2O3S. The molecule has 0 unspecified atom stereocenters. The third-order valence-corrected chi connectivity index (χ3v) is 7.55. The Kier molecular flexibility index (Phi) is 5.77. The number of halogens is 2. The van der Waals surface area contributed by atoms with Crippen LogP contribution in [0.4, 0.5) is 10.1 Å². The van der Waals surface area contributed by atoms with Crippen LogP contribution in [0.1, 0.15) is 12.8 Å². The Balaban J connectivity index is 1.42. The number of hydrogen-bond donors (Lipinski definition) is 1. The van der Waals surface area contributed by atoms with Crippen molar-refractivity contribution in [3.8, 4) is 0 Å². The van der Waals surface area contributed by atoms with Crippen molar-refractivity contribution in [1.29, 1.82) is 0 Å². The number of carbonyl (C=O) groups excluding carboxylic acids is 1. The molecule has 1 heterocycles. The Bertz CT molecular complexity index is 1210. The highest BCUT2D eigenvalue weighted by atomic mass is 35.5. The maximum atomic E-state index is 13.3. The van der Waals surface area contributed by atoms with Gasteiger partial charge in [-0.3, -0.25) is 4.79 Å². The predicted octanol–water partition coefficient (Wildman–Crippen LogP) is 4.67. The molecule has 1 saturated heterocycles. The summed E-state index contributed by atoms with van der Waals surface area (Å²) in [5.41, 5.74) is 0.414. The van der Waals surface area contributed by atoms with Crippen molar-refractivity contribution >= 4 is 44.0 Å². The number of benzene rings is 3. The molecule has 0 radical (unpaired) electrons. The average molecular weight is 447 g/mol. The van der Waals surface area contributed by atoms with Crippen LogP contribution in [0.3, 0.4) is 0 Å². The van der Waals surface area contributed by atoms with E-state index in [1.54, 1.807) is 18.2 Å². The van der Waals surface area contributed by atoms with Crippen LogP contribution in [0.2, 0.25) is 5.02 Å². The van der Waals surface area contributed by atoms with E-state index in [2.05, 4.69) is 5.32 Å². The van der Waals surface area contributed by atoms with Crippen molar-refractivity contribution in [2.24, 2.45) is 5.92 Å². The van der Waals surface area contributed by atoms with Crippen LogP contribution >= 0.6 is 11.6 Å². The van der Waals surface area contributed by atoms with Gasteiger partial charge in [0.15, 0.2) is 0 Å². The van der Waals surface area contributed by atoms with Crippen LogP contribution in [0.5, 0.6) is 0 Å². The monoisotopic (exact) mass is 446 g/mol. The number of carbonyl (C=O) groups is 1. The van der Waals surface area contributed by atoms with Gasteiger partial charge in [0.05, 0.1) is 9.92 Å². The molecule has 30 heavy (non-hydrogen) atoms. The maximum Gasteiger partial charge on any atom is 0.243 e. The van der Waals surface area contributed by atoms with Crippen molar-refractivity contribution in [3.63, 3.8) is 0 Å². The molecule has 1 aliphatic rings. The standard InChI is InChI=1S/C22H20ClFN2O3S/c23-20-14-18(6-8-21(20)24)25-22(27)16-9-11-26(12-10-16)30(28,29)19-7-5-15-3-1-2-4-17(15)13-19/h1-8,13-14,16H,9-12H2,(H,25,27). The van der Waals surface area contributed by atoms with Gasteiger partial charge in [0.2, 0.25) is 15.9 Å².